The molecule has 0 aromatic heterocycles. The topological polar surface area (TPSA) is 43.4 Å². The van der Waals surface area contributed by atoms with E-state index in [0.717, 1.165) is 5.56 Å². The van der Waals surface area contributed by atoms with E-state index in [4.69, 9.17) is 11.6 Å². The second-order valence-corrected chi connectivity index (χ2v) is 4.39. The largest absolute Gasteiger partial charge is 0.460 e. The molecule has 1 rings (SSSR count). The third-order valence-electron chi connectivity index (χ3n) is 1.88. The first-order valence-corrected chi connectivity index (χ1v) is 5.81. The number of ketones is 1. The van der Waals surface area contributed by atoms with Gasteiger partial charge in [-0.25, -0.2) is 4.79 Å². The van der Waals surface area contributed by atoms with Crippen LogP contribution >= 0.6 is 27.5 Å². The highest BCUT2D eigenvalue weighted by Gasteiger charge is 2.21. The second kappa shape index (κ2) is 5.46. The van der Waals surface area contributed by atoms with Crippen LogP contribution in [-0.2, 0) is 9.53 Å². The molecule has 86 valence electrons. The molecular weight excluding hydrogens is 295 g/mol. The molecule has 0 spiro atoms. The maximum atomic E-state index is 11.7. The summed E-state index contributed by atoms with van der Waals surface area (Å²) < 4.78 is 5.22. The van der Waals surface area contributed by atoms with E-state index in [1.165, 1.54) is 0 Å². The first-order chi connectivity index (χ1) is 7.47. The Morgan fingerprint density at radius 2 is 2.06 bits per heavy atom. The normalized spacial score (nSPS) is 10.0. The van der Waals surface area contributed by atoms with Gasteiger partial charge in [0, 0.05) is 10.0 Å². The molecule has 16 heavy (non-hydrogen) atoms. The van der Waals surface area contributed by atoms with Crippen LogP contribution < -0.4 is 0 Å². The number of rotatable bonds is 3. The van der Waals surface area contributed by atoms with Crippen molar-refractivity contribution >= 4 is 39.3 Å². The summed E-state index contributed by atoms with van der Waals surface area (Å²) in [6, 6.07) is 3.33. The van der Waals surface area contributed by atoms with E-state index in [0.29, 0.717) is 4.47 Å². The first kappa shape index (κ1) is 13.2. The summed E-state index contributed by atoms with van der Waals surface area (Å²) in [5.41, 5.74) is 0.996. The molecule has 0 bridgehead atoms. The summed E-state index contributed by atoms with van der Waals surface area (Å²) in [5.74, 6) is -1.61. The number of ether oxygens (including phenoxy) is 1. The summed E-state index contributed by atoms with van der Waals surface area (Å²) in [6.45, 7) is 3.61. The Kier molecular flexibility index (Phi) is 4.50. The van der Waals surface area contributed by atoms with Crippen LogP contribution in [0.4, 0.5) is 0 Å². The fourth-order valence-electron chi connectivity index (χ4n) is 1.20. The molecule has 3 nitrogen and oxygen atoms in total. The molecular formula is C11H10BrClO3. The van der Waals surface area contributed by atoms with Gasteiger partial charge in [-0.1, -0.05) is 11.6 Å². The summed E-state index contributed by atoms with van der Waals surface area (Å²) in [5, 5.41) is 0.226. The molecule has 0 saturated carbocycles. The molecule has 0 aliphatic rings. The number of Topliss-reactive ketones (excluding diaryl/α,β-unsaturated/α-hetero) is 1. The van der Waals surface area contributed by atoms with Crippen molar-refractivity contribution in [2.45, 2.75) is 13.8 Å². The lowest BCUT2D eigenvalue weighted by Crippen LogP contribution is -2.18. The SMILES string of the molecule is CCOC(=O)C(=O)c1cc(C)cc(Br)c1Cl. The molecule has 0 radical (unpaired) electrons. The van der Waals surface area contributed by atoms with Gasteiger partial charge in [0.05, 0.1) is 11.6 Å². The Labute approximate surface area is 107 Å². The van der Waals surface area contributed by atoms with Crippen LogP contribution in [0.15, 0.2) is 16.6 Å². The van der Waals surface area contributed by atoms with Gasteiger partial charge in [0.15, 0.2) is 0 Å². The lowest BCUT2D eigenvalue weighted by Gasteiger charge is -2.06. The summed E-state index contributed by atoms with van der Waals surface area (Å²) in [7, 11) is 0. The molecule has 0 saturated heterocycles. The van der Waals surface area contributed by atoms with E-state index in [1.54, 1.807) is 19.1 Å². The Bertz CT molecular complexity index is 443. The van der Waals surface area contributed by atoms with Gasteiger partial charge in [-0.2, -0.15) is 0 Å². The van der Waals surface area contributed by atoms with Crippen molar-refractivity contribution in [3.8, 4) is 0 Å². The summed E-state index contributed by atoms with van der Waals surface area (Å²) >= 11 is 9.15. The lowest BCUT2D eigenvalue weighted by molar-refractivity contribution is -0.137. The van der Waals surface area contributed by atoms with Crippen molar-refractivity contribution in [3.63, 3.8) is 0 Å². The van der Waals surface area contributed by atoms with Gasteiger partial charge in [0.2, 0.25) is 0 Å². The van der Waals surface area contributed by atoms with Crippen molar-refractivity contribution in [3.05, 3.63) is 32.8 Å². The minimum atomic E-state index is -0.887. The highest BCUT2D eigenvalue weighted by molar-refractivity contribution is 9.10. The number of hydrogen-bond donors (Lipinski definition) is 0. The van der Waals surface area contributed by atoms with E-state index in [1.807, 2.05) is 6.92 Å². The monoisotopic (exact) mass is 304 g/mol. The van der Waals surface area contributed by atoms with Gasteiger partial charge in [-0.3, -0.25) is 4.79 Å². The standard InChI is InChI=1S/C11H10BrClO3/c1-3-16-11(15)10(14)7-4-6(2)5-8(12)9(7)13/h4-5H,3H2,1-2H3. The molecule has 0 unspecified atom stereocenters. The molecule has 0 aliphatic heterocycles. The first-order valence-electron chi connectivity index (χ1n) is 4.64. The fraction of sp³-hybridized carbons (Fsp3) is 0.273. The van der Waals surface area contributed by atoms with E-state index in [9.17, 15) is 9.59 Å². The zero-order valence-corrected chi connectivity index (χ0v) is 11.2. The van der Waals surface area contributed by atoms with Crippen molar-refractivity contribution in [1.29, 1.82) is 0 Å². The molecule has 0 N–H and O–H groups in total. The highest BCUT2D eigenvalue weighted by Crippen LogP contribution is 2.28. The molecule has 5 heteroatoms. The van der Waals surface area contributed by atoms with Crippen LogP contribution in [-0.4, -0.2) is 18.4 Å². The van der Waals surface area contributed by atoms with Crippen LogP contribution in [0.3, 0.4) is 0 Å². The van der Waals surface area contributed by atoms with Crippen LogP contribution in [0.25, 0.3) is 0 Å². The van der Waals surface area contributed by atoms with E-state index < -0.39 is 11.8 Å². The highest BCUT2D eigenvalue weighted by atomic mass is 79.9. The summed E-state index contributed by atoms with van der Waals surface area (Å²) in [6.07, 6.45) is 0. The third kappa shape index (κ3) is 2.83. The van der Waals surface area contributed by atoms with Crippen LogP contribution in [0.5, 0.6) is 0 Å². The fourth-order valence-corrected chi connectivity index (χ4v) is 1.97. The number of carbonyl (C=O) groups is 2. The van der Waals surface area contributed by atoms with Gasteiger partial charge < -0.3 is 4.74 Å². The average molecular weight is 306 g/mol. The zero-order valence-electron chi connectivity index (χ0n) is 8.84. The predicted octanol–water partition coefficient (Wildman–Crippen LogP) is 3.16. The minimum absolute atomic E-state index is 0.159. The Balaban J connectivity index is 3.13. The van der Waals surface area contributed by atoms with Crippen LogP contribution in [0.1, 0.15) is 22.8 Å². The van der Waals surface area contributed by atoms with E-state index in [2.05, 4.69) is 20.7 Å². The van der Waals surface area contributed by atoms with E-state index in [-0.39, 0.29) is 17.2 Å². The van der Waals surface area contributed by atoms with Crippen molar-refractivity contribution in [2.24, 2.45) is 0 Å². The Hall–Kier alpha value is -0.870. The zero-order chi connectivity index (χ0) is 12.3. The van der Waals surface area contributed by atoms with Gasteiger partial charge in [-0.15, -0.1) is 0 Å². The van der Waals surface area contributed by atoms with E-state index >= 15 is 0 Å². The number of carbonyl (C=O) groups excluding carboxylic acids is 2. The quantitative estimate of drug-likeness (QED) is 0.489. The molecule has 1 aromatic rings. The summed E-state index contributed by atoms with van der Waals surface area (Å²) in [4.78, 5) is 23.0. The van der Waals surface area contributed by atoms with Crippen molar-refractivity contribution < 1.29 is 14.3 Å². The smallest absolute Gasteiger partial charge is 0.379 e. The lowest BCUT2D eigenvalue weighted by atomic mass is 10.1. The number of benzene rings is 1. The van der Waals surface area contributed by atoms with Crippen LogP contribution in [0.2, 0.25) is 5.02 Å². The van der Waals surface area contributed by atoms with Gasteiger partial charge >= 0.3 is 5.97 Å². The molecule has 0 fully saturated rings. The molecule has 0 amide bonds. The Morgan fingerprint density at radius 1 is 1.44 bits per heavy atom. The maximum absolute atomic E-state index is 11.7. The van der Waals surface area contributed by atoms with Gasteiger partial charge in [-0.05, 0) is 47.5 Å². The van der Waals surface area contributed by atoms with Crippen molar-refractivity contribution in [2.75, 3.05) is 6.61 Å². The molecule has 1 aromatic carbocycles. The third-order valence-corrected chi connectivity index (χ3v) is 3.14. The Morgan fingerprint density at radius 3 is 2.62 bits per heavy atom. The van der Waals surface area contributed by atoms with Gasteiger partial charge in [0.25, 0.3) is 5.78 Å². The number of esters is 1. The molecule has 0 heterocycles. The maximum Gasteiger partial charge on any atom is 0.379 e. The predicted molar refractivity (Wildman–Crippen MR) is 64.9 cm³/mol. The second-order valence-electron chi connectivity index (χ2n) is 3.16. The number of hydrogen-bond acceptors (Lipinski definition) is 3. The van der Waals surface area contributed by atoms with Crippen LogP contribution in [0, 0.1) is 6.92 Å². The van der Waals surface area contributed by atoms with Gasteiger partial charge in [0.1, 0.15) is 0 Å². The van der Waals surface area contributed by atoms with Crippen molar-refractivity contribution in [1.82, 2.24) is 0 Å². The minimum Gasteiger partial charge on any atom is -0.460 e. The molecule has 0 atom stereocenters. The average Bonchev–Trinajstić information content (AvgIpc) is 2.22. The number of halogens is 2. The number of aryl methyl sites for hydroxylation is 1. The molecule has 0 aliphatic carbocycles.